The summed E-state index contributed by atoms with van der Waals surface area (Å²) in [6, 6.07) is 6.38. The van der Waals surface area contributed by atoms with Crippen LogP contribution >= 0.6 is 11.6 Å². The number of rotatable bonds is 3. The normalized spacial score (nSPS) is 17.8. The highest BCUT2D eigenvalue weighted by molar-refractivity contribution is 6.33. The van der Waals surface area contributed by atoms with E-state index in [1.165, 1.54) is 24.2 Å². The number of benzene rings is 1. The standard InChI is InChI=1S/C14H22ClN3/c1-16-11-12-4-5-14(13(15)10-12)18-7-3-6-17(2)8-9-18/h4-5,10,16H,3,6-9,11H2,1-2H3. The van der Waals surface area contributed by atoms with Crippen LogP contribution in [-0.2, 0) is 6.54 Å². The van der Waals surface area contributed by atoms with Crippen molar-refractivity contribution in [3.05, 3.63) is 28.8 Å². The van der Waals surface area contributed by atoms with Gasteiger partial charge in [0.05, 0.1) is 10.7 Å². The minimum atomic E-state index is 0.864. The fourth-order valence-electron chi connectivity index (χ4n) is 2.41. The van der Waals surface area contributed by atoms with E-state index in [-0.39, 0.29) is 0 Å². The van der Waals surface area contributed by atoms with Crippen LogP contribution in [0.1, 0.15) is 12.0 Å². The van der Waals surface area contributed by atoms with Gasteiger partial charge in [0.15, 0.2) is 0 Å². The zero-order chi connectivity index (χ0) is 13.0. The van der Waals surface area contributed by atoms with Crippen LogP contribution in [0.4, 0.5) is 5.69 Å². The Morgan fingerprint density at radius 2 is 2.06 bits per heavy atom. The number of anilines is 1. The predicted molar refractivity (Wildman–Crippen MR) is 78.5 cm³/mol. The van der Waals surface area contributed by atoms with Crippen LogP contribution in [0.2, 0.25) is 5.02 Å². The number of hydrogen-bond donors (Lipinski definition) is 1. The molecule has 0 bridgehead atoms. The zero-order valence-electron chi connectivity index (χ0n) is 11.2. The molecule has 0 radical (unpaired) electrons. The third-order valence-electron chi connectivity index (χ3n) is 3.45. The molecule has 1 aliphatic rings. The van der Waals surface area contributed by atoms with Crippen molar-refractivity contribution in [2.24, 2.45) is 0 Å². The molecule has 0 aliphatic carbocycles. The summed E-state index contributed by atoms with van der Waals surface area (Å²) in [5.41, 5.74) is 2.41. The second-order valence-corrected chi connectivity index (χ2v) is 5.37. The third kappa shape index (κ3) is 3.37. The van der Waals surface area contributed by atoms with E-state index in [1.807, 2.05) is 7.05 Å². The highest BCUT2D eigenvalue weighted by atomic mass is 35.5. The number of nitrogens with one attached hydrogen (secondary N) is 1. The molecule has 0 aromatic heterocycles. The van der Waals surface area contributed by atoms with Crippen molar-refractivity contribution in [3.8, 4) is 0 Å². The van der Waals surface area contributed by atoms with Gasteiger partial charge in [0.25, 0.3) is 0 Å². The van der Waals surface area contributed by atoms with E-state index in [0.29, 0.717) is 0 Å². The third-order valence-corrected chi connectivity index (χ3v) is 3.76. The van der Waals surface area contributed by atoms with Gasteiger partial charge in [-0.05, 0) is 44.8 Å². The molecular formula is C14H22ClN3. The molecule has 1 N–H and O–H groups in total. The maximum absolute atomic E-state index is 6.41. The van der Waals surface area contributed by atoms with E-state index in [2.05, 4.69) is 40.4 Å². The highest BCUT2D eigenvalue weighted by Gasteiger charge is 2.15. The fraction of sp³-hybridized carbons (Fsp3) is 0.571. The predicted octanol–water partition coefficient (Wildman–Crippen LogP) is 2.20. The number of likely N-dealkylation sites (N-methyl/N-ethyl adjacent to an activating group) is 1. The van der Waals surface area contributed by atoms with Crippen molar-refractivity contribution in [1.29, 1.82) is 0 Å². The maximum atomic E-state index is 6.41. The van der Waals surface area contributed by atoms with Crippen molar-refractivity contribution in [2.75, 3.05) is 45.2 Å². The minimum absolute atomic E-state index is 0.864. The fourth-order valence-corrected chi connectivity index (χ4v) is 2.73. The first kappa shape index (κ1) is 13.7. The molecule has 100 valence electrons. The summed E-state index contributed by atoms with van der Waals surface area (Å²) < 4.78 is 0. The van der Waals surface area contributed by atoms with Crippen molar-refractivity contribution in [3.63, 3.8) is 0 Å². The first-order valence-electron chi connectivity index (χ1n) is 6.57. The summed E-state index contributed by atoms with van der Waals surface area (Å²) >= 11 is 6.41. The Morgan fingerprint density at radius 1 is 1.22 bits per heavy atom. The molecule has 0 unspecified atom stereocenters. The zero-order valence-corrected chi connectivity index (χ0v) is 12.0. The molecule has 0 amide bonds. The minimum Gasteiger partial charge on any atom is -0.369 e. The average Bonchev–Trinajstić information content (AvgIpc) is 2.55. The van der Waals surface area contributed by atoms with Crippen molar-refractivity contribution in [1.82, 2.24) is 10.2 Å². The van der Waals surface area contributed by atoms with E-state index < -0.39 is 0 Å². The molecule has 0 atom stereocenters. The lowest BCUT2D eigenvalue weighted by atomic mass is 10.2. The van der Waals surface area contributed by atoms with Gasteiger partial charge in [0.1, 0.15) is 0 Å². The molecule has 1 aromatic rings. The lowest BCUT2D eigenvalue weighted by Gasteiger charge is -2.24. The van der Waals surface area contributed by atoms with Gasteiger partial charge in [-0.2, -0.15) is 0 Å². The summed E-state index contributed by atoms with van der Waals surface area (Å²) in [5, 5.41) is 4.01. The van der Waals surface area contributed by atoms with Crippen molar-refractivity contribution >= 4 is 17.3 Å². The molecular weight excluding hydrogens is 246 g/mol. The molecule has 1 saturated heterocycles. The molecule has 0 spiro atoms. The molecule has 0 saturated carbocycles. The highest BCUT2D eigenvalue weighted by Crippen LogP contribution is 2.27. The van der Waals surface area contributed by atoms with Crippen molar-refractivity contribution in [2.45, 2.75) is 13.0 Å². The Labute approximate surface area is 115 Å². The maximum Gasteiger partial charge on any atom is 0.0642 e. The molecule has 1 fully saturated rings. The molecule has 1 aliphatic heterocycles. The number of halogens is 1. The van der Waals surface area contributed by atoms with Crippen molar-refractivity contribution < 1.29 is 0 Å². The van der Waals surface area contributed by atoms with Crippen LogP contribution in [0.3, 0.4) is 0 Å². The second kappa shape index (κ2) is 6.41. The van der Waals surface area contributed by atoms with Crippen LogP contribution in [0.25, 0.3) is 0 Å². The first-order valence-corrected chi connectivity index (χ1v) is 6.95. The quantitative estimate of drug-likeness (QED) is 0.906. The van der Waals surface area contributed by atoms with Crippen LogP contribution in [0.5, 0.6) is 0 Å². The Balaban J connectivity index is 2.12. The van der Waals surface area contributed by atoms with Gasteiger partial charge in [-0.25, -0.2) is 0 Å². The van der Waals surface area contributed by atoms with E-state index >= 15 is 0 Å². The Hall–Kier alpha value is -0.770. The van der Waals surface area contributed by atoms with E-state index in [4.69, 9.17) is 11.6 Å². The summed E-state index contributed by atoms with van der Waals surface area (Å²) in [4.78, 5) is 4.78. The Bertz CT molecular complexity index is 395. The van der Waals surface area contributed by atoms with Gasteiger partial charge in [-0.1, -0.05) is 17.7 Å². The monoisotopic (exact) mass is 267 g/mol. The Morgan fingerprint density at radius 3 is 2.78 bits per heavy atom. The van der Waals surface area contributed by atoms with Gasteiger partial charge in [-0.3, -0.25) is 0 Å². The SMILES string of the molecule is CNCc1ccc(N2CCCN(C)CC2)c(Cl)c1. The smallest absolute Gasteiger partial charge is 0.0642 e. The van der Waals surface area contributed by atoms with E-state index in [9.17, 15) is 0 Å². The van der Waals surface area contributed by atoms with Crippen LogP contribution < -0.4 is 10.2 Å². The molecule has 4 heteroatoms. The van der Waals surface area contributed by atoms with E-state index in [1.54, 1.807) is 0 Å². The van der Waals surface area contributed by atoms with E-state index in [0.717, 1.165) is 31.2 Å². The molecule has 18 heavy (non-hydrogen) atoms. The summed E-state index contributed by atoms with van der Waals surface area (Å²) in [7, 11) is 4.13. The lowest BCUT2D eigenvalue weighted by molar-refractivity contribution is 0.360. The van der Waals surface area contributed by atoms with Gasteiger partial charge < -0.3 is 15.1 Å². The summed E-state index contributed by atoms with van der Waals surface area (Å²) in [6.07, 6.45) is 1.20. The average molecular weight is 268 g/mol. The molecule has 1 heterocycles. The van der Waals surface area contributed by atoms with Crippen LogP contribution in [0.15, 0.2) is 18.2 Å². The van der Waals surface area contributed by atoms with Gasteiger partial charge in [0, 0.05) is 26.2 Å². The largest absolute Gasteiger partial charge is 0.369 e. The Kier molecular flexibility index (Phi) is 4.87. The first-order chi connectivity index (χ1) is 8.70. The van der Waals surface area contributed by atoms with Gasteiger partial charge in [0.2, 0.25) is 0 Å². The molecule has 1 aromatic carbocycles. The summed E-state index contributed by atoms with van der Waals surface area (Å²) in [6.45, 7) is 5.29. The lowest BCUT2D eigenvalue weighted by Crippen LogP contribution is -2.28. The molecule has 3 nitrogen and oxygen atoms in total. The number of nitrogens with zero attached hydrogens (tertiary/aromatic N) is 2. The van der Waals surface area contributed by atoms with Gasteiger partial charge >= 0.3 is 0 Å². The van der Waals surface area contributed by atoms with Crippen LogP contribution in [-0.4, -0.2) is 45.2 Å². The van der Waals surface area contributed by atoms with Gasteiger partial charge in [-0.15, -0.1) is 0 Å². The van der Waals surface area contributed by atoms with Crippen LogP contribution in [0, 0.1) is 0 Å². The molecule has 2 rings (SSSR count). The number of hydrogen-bond acceptors (Lipinski definition) is 3. The second-order valence-electron chi connectivity index (χ2n) is 4.96. The summed E-state index contributed by atoms with van der Waals surface area (Å²) in [5.74, 6) is 0. The topological polar surface area (TPSA) is 18.5 Å².